The van der Waals surface area contributed by atoms with Crippen LogP contribution in [0.25, 0.3) is 0 Å². The summed E-state index contributed by atoms with van der Waals surface area (Å²) >= 11 is 1.68. The van der Waals surface area contributed by atoms with E-state index < -0.39 is 11.0 Å². The van der Waals surface area contributed by atoms with Gasteiger partial charge in [0.2, 0.25) is 11.8 Å². The van der Waals surface area contributed by atoms with Gasteiger partial charge in [-0.1, -0.05) is 23.5 Å². The summed E-state index contributed by atoms with van der Waals surface area (Å²) < 4.78 is 24.5. The summed E-state index contributed by atoms with van der Waals surface area (Å²) in [5.41, 5.74) is 0.500. The Hall–Kier alpha value is -1.61. The van der Waals surface area contributed by atoms with E-state index in [1.54, 1.807) is 12.1 Å². The van der Waals surface area contributed by atoms with Gasteiger partial charge < -0.3 is 10.6 Å². The third kappa shape index (κ3) is 5.51. The third-order valence-electron chi connectivity index (χ3n) is 2.81. The first kappa shape index (κ1) is 17.7. The van der Waals surface area contributed by atoms with Gasteiger partial charge in [0.05, 0.1) is 0 Å². The number of nitrogens with one attached hydrogen (secondary N) is 2. The number of benzene rings is 1. The second kappa shape index (κ2) is 8.30. The van der Waals surface area contributed by atoms with Crippen molar-refractivity contribution >= 4 is 46.2 Å². The largest absolute Gasteiger partial charge is 0.326 e. The van der Waals surface area contributed by atoms with E-state index in [2.05, 4.69) is 15.6 Å². The molecule has 0 bridgehead atoms. The molecule has 9 heteroatoms. The Labute approximate surface area is 140 Å². The number of aliphatic imine (C=N–C) groups is 1. The van der Waals surface area contributed by atoms with Gasteiger partial charge in [-0.05, 0) is 31.2 Å². The van der Waals surface area contributed by atoms with Crippen LogP contribution in [0.2, 0.25) is 0 Å². The second-order valence-electron chi connectivity index (χ2n) is 4.53. The highest BCUT2D eigenvalue weighted by Crippen LogP contribution is 2.27. The number of rotatable bonds is 6. The number of carbonyl (C=O) groups is 2. The molecule has 1 heterocycles. The SMILES string of the molecule is CCN=C1NC(=O)[C@@H](CC(=O)Nc2ccc(SC(F)F)cc2)S1. The van der Waals surface area contributed by atoms with Gasteiger partial charge in [0.25, 0.3) is 5.76 Å². The lowest BCUT2D eigenvalue weighted by Crippen LogP contribution is -2.28. The van der Waals surface area contributed by atoms with E-state index in [-0.39, 0.29) is 18.2 Å². The first-order valence-electron chi connectivity index (χ1n) is 6.84. The van der Waals surface area contributed by atoms with Gasteiger partial charge in [-0.25, -0.2) is 0 Å². The van der Waals surface area contributed by atoms with Gasteiger partial charge in [-0.3, -0.25) is 14.6 Å². The number of hydrogen-bond donors (Lipinski definition) is 2. The average Bonchev–Trinajstić information content (AvgIpc) is 2.81. The Morgan fingerprint density at radius 2 is 2.13 bits per heavy atom. The van der Waals surface area contributed by atoms with Crippen LogP contribution in [0.3, 0.4) is 0 Å². The van der Waals surface area contributed by atoms with Gasteiger partial charge in [0.15, 0.2) is 5.17 Å². The summed E-state index contributed by atoms with van der Waals surface area (Å²) in [6, 6.07) is 6.12. The standard InChI is InChI=1S/C14H15F2N3O2S2/c1-2-17-14-19-12(21)10(23-14)7-11(20)18-8-3-5-9(6-4-8)22-13(15)16/h3-6,10,13H,2,7H2,1H3,(H,18,20)(H,17,19,21)/t10-/m1/s1. The van der Waals surface area contributed by atoms with Crippen LogP contribution in [0.15, 0.2) is 34.2 Å². The fourth-order valence-electron chi connectivity index (χ4n) is 1.86. The predicted molar refractivity (Wildman–Crippen MR) is 89.0 cm³/mol. The van der Waals surface area contributed by atoms with Gasteiger partial charge >= 0.3 is 0 Å². The highest BCUT2D eigenvalue weighted by Gasteiger charge is 2.31. The first-order chi connectivity index (χ1) is 11.0. The lowest BCUT2D eigenvalue weighted by molar-refractivity contribution is -0.122. The number of halogens is 2. The molecule has 0 spiro atoms. The van der Waals surface area contributed by atoms with Gasteiger partial charge in [-0.15, -0.1) is 0 Å². The molecule has 2 amide bonds. The minimum Gasteiger partial charge on any atom is -0.326 e. The number of nitrogens with zero attached hydrogens (tertiary/aromatic N) is 1. The molecule has 2 rings (SSSR count). The number of thioether (sulfide) groups is 2. The summed E-state index contributed by atoms with van der Waals surface area (Å²) in [5.74, 6) is -3.03. The van der Waals surface area contributed by atoms with Crippen LogP contribution in [0.1, 0.15) is 13.3 Å². The molecule has 1 aromatic carbocycles. The molecule has 1 aliphatic rings. The minimum absolute atomic E-state index is 0.0206. The fraction of sp³-hybridized carbons (Fsp3) is 0.357. The molecule has 0 saturated carbocycles. The van der Waals surface area contributed by atoms with E-state index in [1.807, 2.05) is 6.92 Å². The molecule has 0 aromatic heterocycles. The van der Waals surface area contributed by atoms with Crippen LogP contribution >= 0.6 is 23.5 Å². The molecule has 2 N–H and O–H groups in total. The molecular formula is C14H15F2N3O2S2. The van der Waals surface area contributed by atoms with E-state index in [1.165, 1.54) is 23.9 Å². The number of hydrogen-bond acceptors (Lipinski definition) is 5. The molecule has 124 valence electrons. The van der Waals surface area contributed by atoms with Crippen molar-refractivity contribution < 1.29 is 18.4 Å². The predicted octanol–water partition coefficient (Wildman–Crippen LogP) is 2.94. The molecule has 1 fully saturated rings. The number of anilines is 1. The van der Waals surface area contributed by atoms with E-state index in [4.69, 9.17) is 0 Å². The summed E-state index contributed by atoms with van der Waals surface area (Å²) in [6.07, 6.45) is 0.0206. The maximum atomic E-state index is 12.2. The van der Waals surface area contributed by atoms with Crippen LogP contribution in [0, 0.1) is 0 Å². The van der Waals surface area contributed by atoms with Gasteiger partial charge in [0.1, 0.15) is 5.25 Å². The van der Waals surface area contributed by atoms with Crippen molar-refractivity contribution in [3.8, 4) is 0 Å². The zero-order valence-corrected chi connectivity index (χ0v) is 13.8. The number of amidine groups is 1. The highest BCUT2D eigenvalue weighted by atomic mass is 32.2. The Balaban J connectivity index is 1.87. The number of carbonyl (C=O) groups excluding carboxylic acids is 2. The Morgan fingerprint density at radius 3 is 2.74 bits per heavy atom. The number of amides is 2. The van der Waals surface area contributed by atoms with Crippen LogP contribution in [0.4, 0.5) is 14.5 Å². The van der Waals surface area contributed by atoms with E-state index in [0.717, 1.165) is 0 Å². The van der Waals surface area contributed by atoms with Gasteiger partial charge in [0, 0.05) is 23.5 Å². The van der Waals surface area contributed by atoms with Gasteiger partial charge in [-0.2, -0.15) is 8.78 Å². The van der Waals surface area contributed by atoms with E-state index >= 15 is 0 Å². The maximum Gasteiger partial charge on any atom is 0.288 e. The third-order valence-corrected chi connectivity index (χ3v) is 4.65. The highest BCUT2D eigenvalue weighted by molar-refractivity contribution is 8.15. The van der Waals surface area contributed by atoms with Crippen LogP contribution in [0.5, 0.6) is 0 Å². The van der Waals surface area contributed by atoms with Crippen LogP contribution in [-0.4, -0.2) is 34.5 Å². The van der Waals surface area contributed by atoms with Crippen LogP contribution < -0.4 is 10.6 Å². The fourth-order valence-corrected chi connectivity index (χ4v) is 3.39. The van der Waals surface area contributed by atoms with Crippen molar-refractivity contribution in [1.29, 1.82) is 0 Å². The van der Waals surface area contributed by atoms with Crippen molar-refractivity contribution in [3.05, 3.63) is 24.3 Å². The van der Waals surface area contributed by atoms with Crippen molar-refractivity contribution in [2.75, 3.05) is 11.9 Å². The molecule has 5 nitrogen and oxygen atoms in total. The first-order valence-corrected chi connectivity index (χ1v) is 8.60. The monoisotopic (exact) mass is 359 g/mol. The second-order valence-corrected chi connectivity index (χ2v) is 6.79. The molecule has 0 aliphatic carbocycles. The summed E-state index contributed by atoms with van der Waals surface area (Å²) in [4.78, 5) is 28.2. The molecule has 1 atom stereocenters. The topological polar surface area (TPSA) is 70.6 Å². The average molecular weight is 359 g/mol. The maximum absolute atomic E-state index is 12.2. The van der Waals surface area contributed by atoms with Crippen molar-refractivity contribution in [1.82, 2.24) is 5.32 Å². The smallest absolute Gasteiger partial charge is 0.288 e. The Morgan fingerprint density at radius 1 is 1.43 bits per heavy atom. The number of alkyl halides is 2. The molecule has 1 aliphatic heterocycles. The molecule has 0 radical (unpaired) electrons. The lowest BCUT2D eigenvalue weighted by Gasteiger charge is -2.08. The van der Waals surface area contributed by atoms with Crippen LogP contribution in [-0.2, 0) is 9.59 Å². The van der Waals surface area contributed by atoms with E-state index in [0.29, 0.717) is 34.1 Å². The van der Waals surface area contributed by atoms with Crippen molar-refractivity contribution in [2.24, 2.45) is 4.99 Å². The molecular weight excluding hydrogens is 344 g/mol. The normalized spacial score (nSPS) is 19.2. The summed E-state index contributed by atoms with van der Waals surface area (Å²) in [5, 5.41) is 5.29. The quantitative estimate of drug-likeness (QED) is 0.766. The zero-order valence-electron chi connectivity index (χ0n) is 12.2. The molecule has 0 unspecified atom stereocenters. The Bertz CT molecular complexity index is 609. The molecule has 1 saturated heterocycles. The molecule has 1 aromatic rings. The Kier molecular flexibility index (Phi) is 6.40. The summed E-state index contributed by atoms with van der Waals surface area (Å²) in [7, 11) is 0. The van der Waals surface area contributed by atoms with Crippen molar-refractivity contribution in [3.63, 3.8) is 0 Å². The molecule has 23 heavy (non-hydrogen) atoms. The lowest BCUT2D eigenvalue weighted by atomic mass is 10.2. The summed E-state index contributed by atoms with van der Waals surface area (Å²) in [6.45, 7) is 2.42. The van der Waals surface area contributed by atoms with Crippen molar-refractivity contribution in [2.45, 2.75) is 29.2 Å². The van der Waals surface area contributed by atoms with E-state index in [9.17, 15) is 18.4 Å². The zero-order chi connectivity index (χ0) is 16.8. The minimum atomic E-state index is -2.48.